The van der Waals surface area contributed by atoms with Crippen LogP contribution in [-0.4, -0.2) is 34.6 Å². The molecule has 0 spiro atoms. The molecular weight excluding hydrogens is 461 g/mol. The first-order chi connectivity index (χ1) is 15.9. The molecule has 1 aromatic carbocycles. The number of halogens is 2. The number of fused-ring (bicyclic) bond motifs is 1. The van der Waals surface area contributed by atoms with Crippen molar-refractivity contribution in [3.8, 4) is 0 Å². The average Bonchev–Trinajstić information content (AvgIpc) is 3.57. The van der Waals surface area contributed by atoms with Crippen molar-refractivity contribution >= 4 is 40.9 Å². The normalized spacial score (nSPS) is 19.8. The molecule has 0 radical (unpaired) electrons. The number of unbranched alkanes of at least 4 members (excludes halogenated alkanes) is 2. The summed E-state index contributed by atoms with van der Waals surface area (Å²) in [5.74, 6) is 0.651. The van der Waals surface area contributed by atoms with Crippen LogP contribution in [0.25, 0.3) is 0 Å². The number of carboxylic acids is 1. The number of carbonyl (C=O) groups excluding carboxylic acids is 1. The molecule has 0 saturated heterocycles. The van der Waals surface area contributed by atoms with Crippen LogP contribution >= 0.6 is 23.2 Å². The number of carboxylic acid groups (broad SMARTS) is 1. The maximum Gasteiger partial charge on any atom is 0.326 e. The summed E-state index contributed by atoms with van der Waals surface area (Å²) >= 11 is 12.1. The predicted octanol–water partition coefficient (Wildman–Crippen LogP) is 5.68. The van der Waals surface area contributed by atoms with E-state index in [-0.39, 0.29) is 15.6 Å². The van der Waals surface area contributed by atoms with Gasteiger partial charge in [-0.1, -0.05) is 54.6 Å². The number of nitrogens with one attached hydrogen (secondary N) is 2. The topological polar surface area (TPSA) is 91.3 Å². The molecule has 33 heavy (non-hydrogen) atoms. The lowest BCUT2D eigenvalue weighted by molar-refractivity contribution is -0.139. The monoisotopic (exact) mass is 489 g/mol. The molecule has 6 nitrogen and oxygen atoms in total. The number of nitrogens with zero attached hydrogens (tertiary/aromatic N) is 1. The number of rotatable bonds is 10. The number of anilines is 1. The third-order valence-corrected chi connectivity index (χ3v) is 7.21. The second kappa shape index (κ2) is 10.7. The number of aromatic nitrogens is 1. The maximum atomic E-state index is 12.5. The van der Waals surface area contributed by atoms with Crippen molar-refractivity contribution < 1.29 is 14.7 Å². The van der Waals surface area contributed by atoms with Gasteiger partial charge in [-0.05, 0) is 61.8 Å². The van der Waals surface area contributed by atoms with Gasteiger partial charge in [0.25, 0.3) is 5.91 Å². The summed E-state index contributed by atoms with van der Waals surface area (Å²) < 4.78 is 0. The first-order valence-corrected chi connectivity index (χ1v) is 12.4. The van der Waals surface area contributed by atoms with Crippen molar-refractivity contribution in [1.82, 2.24) is 10.3 Å². The molecule has 1 saturated carbocycles. The van der Waals surface area contributed by atoms with E-state index in [4.69, 9.17) is 28.2 Å². The summed E-state index contributed by atoms with van der Waals surface area (Å²) in [6.07, 6.45) is 7.64. The summed E-state index contributed by atoms with van der Waals surface area (Å²) in [5.41, 5.74) is 2.62. The molecule has 1 aromatic heterocycles. The number of hydrogen-bond acceptors (Lipinski definition) is 4. The van der Waals surface area contributed by atoms with E-state index in [1.807, 2.05) is 0 Å². The minimum atomic E-state index is -1.05. The molecule has 3 atom stereocenters. The SMILES string of the molecule is O=C(N[C@H](CCCCCC1CC1c1ccc2c(n1)NCCC2)C(=O)O)c1c(Cl)cccc1Cl. The van der Waals surface area contributed by atoms with Crippen molar-refractivity contribution in [2.45, 2.75) is 63.3 Å². The lowest BCUT2D eigenvalue weighted by Crippen LogP contribution is -2.41. The van der Waals surface area contributed by atoms with Crippen LogP contribution in [0.15, 0.2) is 30.3 Å². The zero-order valence-corrected chi connectivity index (χ0v) is 20.0. The van der Waals surface area contributed by atoms with Gasteiger partial charge in [-0.3, -0.25) is 4.79 Å². The van der Waals surface area contributed by atoms with Crippen LogP contribution in [0.3, 0.4) is 0 Å². The number of benzene rings is 1. The summed E-state index contributed by atoms with van der Waals surface area (Å²) in [6, 6.07) is 8.18. The average molecular weight is 490 g/mol. The van der Waals surface area contributed by atoms with Crippen LogP contribution in [-0.2, 0) is 11.2 Å². The molecule has 1 aliphatic heterocycles. The van der Waals surface area contributed by atoms with E-state index in [9.17, 15) is 14.7 Å². The van der Waals surface area contributed by atoms with Crippen molar-refractivity contribution in [2.24, 2.45) is 5.92 Å². The molecular formula is C25H29Cl2N3O3. The number of aryl methyl sites for hydroxylation is 1. The van der Waals surface area contributed by atoms with E-state index >= 15 is 0 Å². The number of amides is 1. The van der Waals surface area contributed by atoms with Gasteiger partial charge >= 0.3 is 5.97 Å². The number of hydrogen-bond donors (Lipinski definition) is 3. The Morgan fingerprint density at radius 2 is 1.94 bits per heavy atom. The highest BCUT2D eigenvalue weighted by Gasteiger charge is 2.39. The van der Waals surface area contributed by atoms with Gasteiger partial charge in [-0.25, -0.2) is 9.78 Å². The number of aliphatic carboxylic acids is 1. The maximum absolute atomic E-state index is 12.5. The minimum absolute atomic E-state index is 0.109. The quantitative estimate of drug-likeness (QED) is 0.373. The fraction of sp³-hybridized carbons (Fsp3) is 0.480. The molecule has 1 amide bonds. The summed E-state index contributed by atoms with van der Waals surface area (Å²) in [4.78, 5) is 29.0. The van der Waals surface area contributed by atoms with Crippen LogP contribution in [0.2, 0.25) is 10.0 Å². The molecule has 2 aromatic rings. The summed E-state index contributed by atoms with van der Waals surface area (Å²) in [5, 5.41) is 15.9. The number of carbonyl (C=O) groups is 2. The van der Waals surface area contributed by atoms with E-state index in [2.05, 4.69) is 22.8 Å². The van der Waals surface area contributed by atoms with Crippen LogP contribution < -0.4 is 10.6 Å². The van der Waals surface area contributed by atoms with Crippen molar-refractivity contribution in [3.05, 3.63) is 57.2 Å². The lowest BCUT2D eigenvalue weighted by Gasteiger charge is -2.17. The first-order valence-electron chi connectivity index (χ1n) is 11.7. The van der Waals surface area contributed by atoms with Crippen molar-refractivity contribution in [1.29, 1.82) is 0 Å². The summed E-state index contributed by atoms with van der Waals surface area (Å²) in [7, 11) is 0. The Kier molecular flexibility index (Phi) is 7.76. The zero-order valence-electron chi connectivity index (χ0n) is 18.4. The van der Waals surface area contributed by atoms with E-state index in [0.717, 1.165) is 44.5 Å². The van der Waals surface area contributed by atoms with Crippen molar-refractivity contribution in [2.75, 3.05) is 11.9 Å². The lowest BCUT2D eigenvalue weighted by atomic mass is 10.0. The van der Waals surface area contributed by atoms with Gasteiger partial charge in [-0.2, -0.15) is 0 Å². The fourth-order valence-electron chi connectivity index (χ4n) is 4.61. The van der Waals surface area contributed by atoms with Crippen molar-refractivity contribution in [3.63, 3.8) is 0 Å². The van der Waals surface area contributed by atoms with Crippen LogP contribution in [0, 0.1) is 5.92 Å². The molecule has 2 heterocycles. The summed E-state index contributed by atoms with van der Waals surface area (Å²) in [6.45, 7) is 1.00. The van der Waals surface area contributed by atoms with E-state index in [0.29, 0.717) is 18.3 Å². The fourth-order valence-corrected chi connectivity index (χ4v) is 5.18. The van der Waals surface area contributed by atoms with Gasteiger partial charge in [0.05, 0.1) is 15.6 Å². The predicted molar refractivity (Wildman–Crippen MR) is 130 cm³/mol. The molecule has 2 aliphatic rings. The van der Waals surface area contributed by atoms with Crippen LogP contribution in [0.1, 0.15) is 72.5 Å². The van der Waals surface area contributed by atoms with Gasteiger partial charge in [-0.15, -0.1) is 0 Å². The molecule has 176 valence electrons. The Bertz CT molecular complexity index is 1010. The van der Waals surface area contributed by atoms with Gasteiger partial charge in [0.2, 0.25) is 0 Å². The molecule has 0 bridgehead atoms. The van der Waals surface area contributed by atoms with Gasteiger partial charge < -0.3 is 15.7 Å². The molecule has 2 unspecified atom stereocenters. The Morgan fingerprint density at radius 1 is 1.15 bits per heavy atom. The Labute approximate surface area is 204 Å². The number of pyridine rings is 1. The Balaban J connectivity index is 1.19. The largest absolute Gasteiger partial charge is 0.480 e. The van der Waals surface area contributed by atoms with Crippen LogP contribution in [0.5, 0.6) is 0 Å². The minimum Gasteiger partial charge on any atom is -0.480 e. The first kappa shape index (κ1) is 23.8. The molecule has 1 fully saturated rings. The smallest absolute Gasteiger partial charge is 0.326 e. The Hall–Kier alpha value is -2.31. The highest BCUT2D eigenvalue weighted by atomic mass is 35.5. The second-order valence-electron chi connectivity index (χ2n) is 8.98. The third-order valence-electron chi connectivity index (χ3n) is 6.58. The van der Waals surface area contributed by atoms with Gasteiger partial charge in [0.15, 0.2) is 0 Å². The molecule has 8 heteroatoms. The van der Waals surface area contributed by atoms with Gasteiger partial charge in [0, 0.05) is 18.2 Å². The van der Waals surface area contributed by atoms with E-state index in [1.54, 1.807) is 18.2 Å². The highest BCUT2D eigenvalue weighted by Crippen LogP contribution is 2.50. The highest BCUT2D eigenvalue weighted by molar-refractivity contribution is 6.39. The third kappa shape index (κ3) is 5.98. The van der Waals surface area contributed by atoms with E-state index in [1.165, 1.54) is 24.1 Å². The van der Waals surface area contributed by atoms with E-state index < -0.39 is 17.9 Å². The molecule has 1 aliphatic carbocycles. The second-order valence-corrected chi connectivity index (χ2v) is 9.79. The van der Waals surface area contributed by atoms with Crippen LogP contribution in [0.4, 0.5) is 5.82 Å². The Morgan fingerprint density at radius 3 is 2.70 bits per heavy atom. The molecule has 3 N–H and O–H groups in total. The standard InChI is InChI=1S/C25H29Cl2N3O3/c26-18-8-4-9-19(27)22(18)24(31)30-21(25(32)33)10-3-1-2-6-16-14-17(16)20-12-11-15-7-5-13-28-23(15)29-20/h4,8-9,11-12,16-17,21H,1-3,5-7,10,13-14H2,(H,28,29)(H,30,31)(H,32,33)/t16?,17?,21-/m1/s1. The molecule has 4 rings (SSSR count). The van der Waals surface area contributed by atoms with Gasteiger partial charge in [0.1, 0.15) is 11.9 Å². The zero-order chi connectivity index (χ0) is 23.4.